The summed E-state index contributed by atoms with van der Waals surface area (Å²) in [5.74, 6) is -5.45. The minimum absolute atomic E-state index is 0.0656. The highest BCUT2D eigenvalue weighted by Crippen LogP contribution is 2.46. The molecule has 1 aromatic rings. The van der Waals surface area contributed by atoms with E-state index in [1.807, 2.05) is 0 Å². The molecule has 1 aromatic carbocycles. The Morgan fingerprint density at radius 2 is 1.82 bits per heavy atom. The number of nitrogens with two attached hydrogens (primary N) is 1. The minimum atomic E-state index is -1.37. The first-order chi connectivity index (χ1) is 18.2. The predicted molar refractivity (Wildman–Crippen MR) is 145 cm³/mol. The zero-order chi connectivity index (χ0) is 29.3. The standard InChI is InChI=1S/C27H38N4O8/c1-6-13(32)11-29-15-9-16(30(2)3)14-7-12-8-19(35)23(31(4)5)26(38)22(27(28)39)18(34)10-17(33)20(12)25(37)21(14)24(15)36/h9,12-13,19,23,29,32-33,35-36,38H,6-8,10-11H2,1-5H3,(H2,28,39)/b20-17-,26-22-/t12-,13?,19-,23?/m0/s1. The second-order valence-electron chi connectivity index (χ2n) is 10.5. The number of fused-ring (bicyclic) bond motifs is 2. The number of carbonyl (C=O) groups excluding carboxylic acids is 3. The Labute approximate surface area is 227 Å². The summed E-state index contributed by atoms with van der Waals surface area (Å²) in [5.41, 5.74) is 5.68. The zero-order valence-electron chi connectivity index (χ0n) is 22.9. The zero-order valence-corrected chi connectivity index (χ0v) is 22.9. The third-order valence-electron chi connectivity index (χ3n) is 7.34. The van der Waals surface area contributed by atoms with Crippen molar-refractivity contribution < 1.29 is 39.9 Å². The van der Waals surface area contributed by atoms with Crippen molar-refractivity contribution >= 4 is 28.8 Å². The van der Waals surface area contributed by atoms with E-state index < -0.39 is 65.2 Å². The van der Waals surface area contributed by atoms with Gasteiger partial charge in [-0.05, 0) is 50.9 Å². The van der Waals surface area contributed by atoms with Gasteiger partial charge in [0, 0.05) is 31.9 Å². The second kappa shape index (κ2) is 11.6. The van der Waals surface area contributed by atoms with E-state index >= 15 is 0 Å². The third kappa shape index (κ3) is 5.72. The Kier molecular flexibility index (Phi) is 8.94. The van der Waals surface area contributed by atoms with Crippen LogP contribution in [-0.2, 0) is 16.0 Å². The van der Waals surface area contributed by atoms with Gasteiger partial charge in [0.2, 0.25) is 0 Å². The molecule has 0 fully saturated rings. The van der Waals surface area contributed by atoms with Gasteiger partial charge in [-0.25, -0.2) is 0 Å². The number of phenolic OH excluding ortho intramolecular Hbond substituents is 1. The maximum absolute atomic E-state index is 13.9. The summed E-state index contributed by atoms with van der Waals surface area (Å²) in [5, 5.41) is 57.2. The van der Waals surface area contributed by atoms with Crippen LogP contribution in [0.1, 0.15) is 42.1 Å². The fourth-order valence-corrected chi connectivity index (χ4v) is 5.37. The fourth-order valence-electron chi connectivity index (χ4n) is 5.37. The number of ketones is 2. The van der Waals surface area contributed by atoms with Crippen LogP contribution in [0.2, 0.25) is 0 Å². The molecule has 4 atom stereocenters. The normalized spacial score (nSPS) is 26.6. The van der Waals surface area contributed by atoms with Crippen molar-refractivity contribution in [2.24, 2.45) is 11.7 Å². The Morgan fingerprint density at radius 3 is 2.36 bits per heavy atom. The van der Waals surface area contributed by atoms with Crippen LogP contribution in [0.5, 0.6) is 5.75 Å². The Balaban J connectivity index is 2.24. The van der Waals surface area contributed by atoms with Crippen molar-refractivity contribution in [2.45, 2.75) is 50.9 Å². The molecule has 0 heterocycles. The van der Waals surface area contributed by atoms with Gasteiger partial charge in [-0.2, -0.15) is 0 Å². The molecule has 0 saturated carbocycles. The van der Waals surface area contributed by atoms with Crippen molar-refractivity contribution in [2.75, 3.05) is 45.0 Å². The molecule has 2 aliphatic rings. The number of phenols is 1. The molecular formula is C27H38N4O8. The van der Waals surface area contributed by atoms with Crippen molar-refractivity contribution in [3.8, 4) is 5.75 Å². The summed E-state index contributed by atoms with van der Waals surface area (Å²) >= 11 is 0. The molecule has 0 radical (unpaired) electrons. The van der Waals surface area contributed by atoms with E-state index in [0.717, 1.165) is 0 Å². The van der Waals surface area contributed by atoms with Crippen LogP contribution in [-0.4, -0.2) is 101 Å². The number of aliphatic hydroxyl groups is 4. The molecule has 2 aliphatic carbocycles. The van der Waals surface area contributed by atoms with Gasteiger partial charge in [0.15, 0.2) is 11.6 Å². The number of hydrogen-bond donors (Lipinski definition) is 7. The SMILES string of the molecule is CCC(O)CNc1cc(N(C)C)c2c(c1O)C(=O)/C1=C(\O)CC(=O)/C(C(N)=O)=C(/O)C(N(C)C)[C@@H](O)C[C@@H]1C2. The number of primary amides is 1. The van der Waals surface area contributed by atoms with Gasteiger partial charge in [-0.1, -0.05) is 6.92 Å². The number of benzene rings is 1. The molecular weight excluding hydrogens is 508 g/mol. The van der Waals surface area contributed by atoms with Gasteiger partial charge in [-0.3, -0.25) is 19.3 Å². The molecule has 39 heavy (non-hydrogen) atoms. The lowest BCUT2D eigenvalue weighted by Crippen LogP contribution is -2.45. The van der Waals surface area contributed by atoms with Crippen LogP contribution in [0.4, 0.5) is 11.4 Å². The maximum atomic E-state index is 13.9. The van der Waals surface area contributed by atoms with Gasteiger partial charge in [0.1, 0.15) is 22.8 Å². The van der Waals surface area contributed by atoms with Crippen LogP contribution >= 0.6 is 0 Å². The summed E-state index contributed by atoms with van der Waals surface area (Å²) in [4.78, 5) is 42.3. The van der Waals surface area contributed by atoms with Gasteiger partial charge in [0.25, 0.3) is 5.91 Å². The lowest BCUT2D eigenvalue weighted by Gasteiger charge is -2.36. The number of Topliss-reactive ketones (excluding diaryl/α,β-unsaturated/α-hetero) is 2. The van der Waals surface area contributed by atoms with Crippen LogP contribution < -0.4 is 16.0 Å². The Morgan fingerprint density at radius 1 is 1.18 bits per heavy atom. The van der Waals surface area contributed by atoms with Gasteiger partial charge in [-0.15, -0.1) is 0 Å². The number of carbonyl (C=O) groups is 3. The number of nitrogens with zero attached hydrogens (tertiary/aromatic N) is 2. The van der Waals surface area contributed by atoms with E-state index in [2.05, 4.69) is 5.32 Å². The number of nitrogens with one attached hydrogen (secondary N) is 1. The number of rotatable bonds is 7. The molecule has 12 heteroatoms. The minimum Gasteiger partial charge on any atom is -0.511 e. The quantitative estimate of drug-likeness (QED) is 0.188. The van der Waals surface area contributed by atoms with E-state index in [1.165, 1.54) is 4.90 Å². The van der Waals surface area contributed by atoms with Gasteiger partial charge < -0.3 is 41.5 Å². The van der Waals surface area contributed by atoms with Gasteiger partial charge >= 0.3 is 0 Å². The van der Waals surface area contributed by atoms with E-state index in [-0.39, 0.29) is 42.0 Å². The highest BCUT2D eigenvalue weighted by molar-refractivity contribution is 6.20. The highest BCUT2D eigenvalue weighted by atomic mass is 16.3. The Hall–Kier alpha value is -3.61. The highest BCUT2D eigenvalue weighted by Gasteiger charge is 2.42. The number of hydrogen-bond acceptors (Lipinski definition) is 11. The predicted octanol–water partition coefficient (Wildman–Crippen LogP) is 0.760. The van der Waals surface area contributed by atoms with E-state index in [1.54, 1.807) is 46.1 Å². The largest absolute Gasteiger partial charge is 0.511 e. The van der Waals surface area contributed by atoms with Crippen molar-refractivity contribution in [1.82, 2.24) is 4.90 Å². The second-order valence-corrected chi connectivity index (χ2v) is 10.5. The molecule has 0 aliphatic heterocycles. The number of amides is 1. The molecule has 3 rings (SSSR count). The number of aromatic hydroxyl groups is 1. The first-order valence-corrected chi connectivity index (χ1v) is 12.8. The van der Waals surface area contributed by atoms with Crippen molar-refractivity contribution in [3.63, 3.8) is 0 Å². The molecule has 2 unspecified atom stereocenters. The van der Waals surface area contributed by atoms with Crippen LogP contribution in [0.3, 0.4) is 0 Å². The average molecular weight is 547 g/mol. The summed E-state index contributed by atoms with van der Waals surface area (Å²) < 4.78 is 0. The lowest BCUT2D eigenvalue weighted by atomic mass is 9.73. The fraction of sp³-hybridized carbons (Fsp3) is 0.519. The van der Waals surface area contributed by atoms with E-state index in [9.17, 15) is 39.9 Å². The number of likely N-dealkylation sites (N-methyl/N-ethyl adjacent to an activating group) is 1. The van der Waals surface area contributed by atoms with Crippen molar-refractivity contribution in [3.05, 3.63) is 39.9 Å². The summed E-state index contributed by atoms with van der Waals surface area (Å²) in [6, 6.07) is 0.474. The first kappa shape index (κ1) is 29.9. The lowest BCUT2D eigenvalue weighted by molar-refractivity contribution is -0.121. The molecule has 0 aromatic heterocycles. The molecule has 0 bridgehead atoms. The number of anilines is 2. The summed E-state index contributed by atoms with van der Waals surface area (Å²) in [6.45, 7) is 1.93. The monoisotopic (exact) mass is 546 g/mol. The van der Waals surface area contributed by atoms with Crippen LogP contribution in [0.15, 0.2) is 28.7 Å². The molecule has 214 valence electrons. The number of aliphatic hydroxyl groups excluding tert-OH is 4. The third-order valence-corrected chi connectivity index (χ3v) is 7.34. The summed E-state index contributed by atoms with van der Waals surface area (Å²) in [7, 11) is 6.62. The van der Waals surface area contributed by atoms with E-state index in [0.29, 0.717) is 17.7 Å². The first-order valence-electron chi connectivity index (χ1n) is 12.8. The molecule has 0 spiro atoms. The van der Waals surface area contributed by atoms with Crippen molar-refractivity contribution in [1.29, 1.82) is 0 Å². The molecule has 8 N–H and O–H groups in total. The van der Waals surface area contributed by atoms with Crippen LogP contribution in [0, 0.1) is 5.92 Å². The van der Waals surface area contributed by atoms with Gasteiger partial charge in [0.05, 0.1) is 35.9 Å². The molecule has 1 amide bonds. The van der Waals surface area contributed by atoms with E-state index in [4.69, 9.17) is 5.73 Å². The average Bonchev–Trinajstić information content (AvgIpc) is 2.81. The topological polar surface area (TPSA) is 197 Å². The smallest absolute Gasteiger partial charge is 0.255 e. The molecule has 12 nitrogen and oxygen atoms in total. The molecule has 0 saturated heterocycles. The Bertz CT molecular complexity index is 1240. The maximum Gasteiger partial charge on any atom is 0.255 e. The van der Waals surface area contributed by atoms with Crippen LogP contribution in [0.25, 0.3) is 0 Å². The number of allylic oxidation sites excluding steroid dienone is 2. The summed E-state index contributed by atoms with van der Waals surface area (Å²) in [6.07, 6.45) is -2.36.